The summed E-state index contributed by atoms with van der Waals surface area (Å²) >= 11 is 1.35. The molecule has 0 unspecified atom stereocenters. The van der Waals surface area contributed by atoms with Crippen LogP contribution in [0.25, 0.3) is 21.8 Å². The molecule has 0 aliphatic rings. The van der Waals surface area contributed by atoms with Crippen LogP contribution in [0.2, 0.25) is 0 Å². The van der Waals surface area contributed by atoms with E-state index >= 15 is 0 Å². The maximum Gasteiger partial charge on any atom is 0.265 e. The highest BCUT2D eigenvalue weighted by atomic mass is 32.2. The Morgan fingerprint density at radius 1 is 0.951 bits per heavy atom. The van der Waals surface area contributed by atoms with E-state index in [1.807, 2.05) is 18.6 Å². The number of hydrogen-bond acceptors (Lipinski definition) is 9. The van der Waals surface area contributed by atoms with Crippen molar-refractivity contribution < 1.29 is 30.0 Å². The van der Waals surface area contributed by atoms with Crippen molar-refractivity contribution in [3.63, 3.8) is 0 Å². The molecule has 41 heavy (non-hydrogen) atoms. The van der Waals surface area contributed by atoms with Crippen LogP contribution < -0.4 is 10.0 Å². The molecule has 0 saturated carbocycles. The lowest BCUT2D eigenvalue weighted by atomic mass is 10.1. The van der Waals surface area contributed by atoms with Gasteiger partial charge in [0.05, 0.1) is 32.7 Å². The first-order valence-electron chi connectivity index (χ1n) is 12.3. The van der Waals surface area contributed by atoms with E-state index in [2.05, 4.69) is 15.3 Å². The molecule has 218 valence electrons. The van der Waals surface area contributed by atoms with Crippen LogP contribution >= 0.6 is 11.3 Å². The van der Waals surface area contributed by atoms with E-state index in [9.17, 15) is 30.0 Å². The number of hydrogen-bond donors (Lipinski definition) is 2. The molecule has 2 N–H and O–H groups in total. The Kier molecular flexibility index (Phi) is 8.99. The van der Waals surface area contributed by atoms with E-state index in [0.29, 0.717) is 46.9 Å². The summed E-state index contributed by atoms with van der Waals surface area (Å²) < 4.78 is 92.9. The monoisotopic (exact) mass is 625 g/mol. The first-order chi connectivity index (χ1) is 19.2. The summed E-state index contributed by atoms with van der Waals surface area (Å²) in [5, 5.41) is 3.74. The lowest BCUT2D eigenvalue weighted by Gasteiger charge is -2.12. The summed E-state index contributed by atoms with van der Waals surface area (Å²) in [6.07, 6.45) is 3.05. The summed E-state index contributed by atoms with van der Waals surface area (Å²) in [5.74, 6) is -2.79. The quantitative estimate of drug-likeness (QED) is 0.210. The van der Waals surface area contributed by atoms with Crippen LogP contribution in [0.1, 0.15) is 31.2 Å². The SMILES string of the molecule is CC(C)c1nc(-c2ccc(F)c(NS(=O)(=O)c3cc(F)ccc3F)c2)c(-c2ccnc(NCCCS(C)(=O)=O)n2)s1. The van der Waals surface area contributed by atoms with E-state index in [1.54, 1.807) is 6.07 Å². The predicted octanol–water partition coefficient (Wildman–Crippen LogP) is 5.46. The number of aromatic nitrogens is 3. The van der Waals surface area contributed by atoms with Gasteiger partial charge in [0.1, 0.15) is 32.2 Å². The van der Waals surface area contributed by atoms with Crippen LogP contribution in [-0.4, -0.2) is 50.3 Å². The average Bonchev–Trinajstić information content (AvgIpc) is 3.35. The standard InChI is InChI=1S/C26H26F3N5O4S3/c1-15(2)25-33-23(24(39-25)20-9-11-31-26(32-20)30-10-4-12-40(3,35)36)16-5-7-18(28)21(13-16)34-41(37,38)22-14-17(27)6-8-19(22)29/h5-9,11,13-15,34H,4,10,12H2,1-3H3,(H,30,31,32). The van der Waals surface area contributed by atoms with Gasteiger partial charge in [0.25, 0.3) is 10.0 Å². The summed E-state index contributed by atoms with van der Waals surface area (Å²) in [7, 11) is -7.78. The highest BCUT2D eigenvalue weighted by Gasteiger charge is 2.24. The zero-order valence-corrected chi connectivity index (χ0v) is 24.6. The smallest absolute Gasteiger partial charge is 0.265 e. The summed E-state index contributed by atoms with van der Waals surface area (Å²) in [5.41, 5.74) is 0.756. The molecule has 4 aromatic rings. The number of thiazole rings is 1. The van der Waals surface area contributed by atoms with Crippen molar-refractivity contribution >= 4 is 42.8 Å². The van der Waals surface area contributed by atoms with Gasteiger partial charge < -0.3 is 5.32 Å². The number of nitrogens with zero attached hydrogens (tertiary/aromatic N) is 3. The molecule has 0 aliphatic heterocycles. The van der Waals surface area contributed by atoms with E-state index in [4.69, 9.17) is 4.98 Å². The molecule has 0 spiro atoms. The topological polar surface area (TPSA) is 131 Å². The molecule has 9 nitrogen and oxygen atoms in total. The van der Waals surface area contributed by atoms with Gasteiger partial charge in [0.2, 0.25) is 5.95 Å². The van der Waals surface area contributed by atoms with Gasteiger partial charge in [-0.05, 0) is 48.9 Å². The van der Waals surface area contributed by atoms with Crippen molar-refractivity contribution in [1.82, 2.24) is 15.0 Å². The molecule has 4 rings (SSSR count). The van der Waals surface area contributed by atoms with Gasteiger partial charge in [-0.25, -0.2) is 45.0 Å². The number of anilines is 2. The zero-order valence-electron chi connectivity index (χ0n) is 22.2. The summed E-state index contributed by atoms with van der Waals surface area (Å²) in [6, 6.07) is 7.29. The summed E-state index contributed by atoms with van der Waals surface area (Å²) in [4.78, 5) is 13.1. The second kappa shape index (κ2) is 12.1. The number of benzene rings is 2. The van der Waals surface area contributed by atoms with E-state index in [0.717, 1.165) is 23.4 Å². The van der Waals surface area contributed by atoms with Crippen LogP contribution in [0.15, 0.2) is 53.6 Å². The highest BCUT2D eigenvalue weighted by molar-refractivity contribution is 7.92. The molecular weight excluding hydrogens is 600 g/mol. The van der Waals surface area contributed by atoms with Gasteiger partial charge in [-0.15, -0.1) is 11.3 Å². The number of sulfonamides is 1. The van der Waals surface area contributed by atoms with Gasteiger partial charge >= 0.3 is 0 Å². The highest BCUT2D eigenvalue weighted by Crippen LogP contribution is 2.39. The molecule has 2 aromatic heterocycles. The number of sulfone groups is 1. The molecule has 0 atom stereocenters. The molecule has 2 aromatic carbocycles. The third-order valence-corrected chi connectivity index (χ3v) is 9.46. The van der Waals surface area contributed by atoms with Gasteiger partial charge in [0, 0.05) is 30.5 Å². The first kappa shape index (κ1) is 30.4. The molecule has 0 radical (unpaired) electrons. The van der Waals surface area contributed by atoms with Crippen molar-refractivity contribution in [3.05, 3.63) is 71.1 Å². The Morgan fingerprint density at radius 3 is 2.39 bits per heavy atom. The van der Waals surface area contributed by atoms with Crippen molar-refractivity contribution in [2.24, 2.45) is 0 Å². The maximum atomic E-state index is 14.8. The molecule has 0 amide bonds. The minimum atomic E-state index is -4.67. The number of halogens is 3. The molecule has 15 heteroatoms. The lowest BCUT2D eigenvalue weighted by Crippen LogP contribution is -2.16. The van der Waals surface area contributed by atoms with Crippen molar-refractivity contribution in [1.29, 1.82) is 0 Å². The van der Waals surface area contributed by atoms with E-state index in [-0.39, 0.29) is 17.6 Å². The Balaban J connectivity index is 1.69. The largest absolute Gasteiger partial charge is 0.354 e. The Morgan fingerprint density at radius 2 is 1.68 bits per heavy atom. The maximum absolute atomic E-state index is 14.8. The fraction of sp³-hybridized carbons (Fsp3) is 0.269. The normalized spacial score (nSPS) is 12.1. The minimum Gasteiger partial charge on any atom is -0.354 e. The molecular formula is C26H26F3N5O4S3. The van der Waals surface area contributed by atoms with Gasteiger partial charge in [-0.2, -0.15) is 0 Å². The fourth-order valence-corrected chi connectivity index (χ4v) is 6.57. The Labute approximate surface area is 239 Å². The molecule has 2 heterocycles. The van der Waals surface area contributed by atoms with Crippen LogP contribution in [0.5, 0.6) is 0 Å². The Bertz CT molecular complexity index is 1800. The third kappa shape index (κ3) is 7.59. The van der Waals surface area contributed by atoms with Crippen LogP contribution in [0.3, 0.4) is 0 Å². The third-order valence-electron chi connectivity index (χ3n) is 5.67. The van der Waals surface area contributed by atoms with Crippen molar-refractivity contribution in [2.75, 3.05) is 28.6 Å². The van der Waals surface area contributed by atoms with Crippen molar-refractivity contribution in [2.45, 2.75) is 31.1 Å². The molecule has 0 fully saturated rings. The second-order valence-corrected chi connectivity index (χ2v) is 14.4. The number of rotatable bonds is 11. The molecule has 0 bridgehead atoms. The van der Waals surface area contributed by atoms with Gasteiger partial charge in [-0.3, -0.25) is 4.72 Å². The van der Waals surface area contributed by atoms with E-state index < -0.39 is 47.9 Å². The van der Waals surface area contributed by atoms with Crippen LogP contribution in [0, 0.1) is 17.5 Å². The number of nitrogens with one attached hydrogen (secondary N) is 2. The second-order valence-electron chi connectivity index (χ2n) is 9.44. The Hall–Kier alpha value is -3.56. The molecule has 0 saturated heterocycles. The van der Waals surface area contributed by atoms with Crippen LogP contribution in [0.4, 0.5) is 24.8 Å². The minimum absolute atomic E-state index is 0.0128. The average molecular weight is 626 g/mol. The molecule has 0 aliphatic carbocycles. The van der Waals surface area contributed by atoms with Gasteiger partial charge in [0.15, 0.2) is 0 Å². The fourth-order valence-electron chi connectivity index (χ4n) is 3.69. The van der Waals surface area contributed by atoms with Crippen molar-refractivity contribution in [3.8, 4) is 21.8 Å². The lowest BCUT2D eigenvalue weighted by molar-refractivity contribution is 0.555. The predicted molar refractivity (Wildman–Crippen MR) is 153 cm³/mol. The first-order valence-corrected chi connectivity index (χ1v) is 16.6. The van der Waals surface area contributed by atoms with Gasteiger partial charge in [-0.1, -0.05) is 13.8 Å². The van der Waals surface area contributed by atoms with Crippen LogP contribution in [-0.2, 0) is 19.9 Å². The zero-order chi connectivity index (χ0) is 29.9. The summed E-state index contributed by atoms with van der Waals surface area (Å²) in [6.45, 7) is 4.22. The van der Waals surface area contributed by atoms with E-state index in [1.165, 1.54) is 29.7 Å².